The van der Waals surface area contributed by atoms with Gasteiger partial charge in [0.25, 0.3) is 0 Å². The number of amides is 2. The van der Waals surface area contributed by atoms with E-state index in [0.29, 0.717) is 32.5 Å². The molecule has 2 N–H and O–H groups in total. The Labute approximate surface area is 134 Å². The summed E-state index contributed by atoms with van der Waals surface area (Å²) < 4.78 is 0. The van der Waals surface area contributed by atoms with Crippen molar-refractivity contribution in [2.45, 2.75) is 19.4 Å². The summed E-state index contributed by atoms with van der Waals surface area (Å²) in [5, 5.41) is 12.9. The number of aliphatic carboxylic acids is 1. The van der Waals surface area contributed by atoms with Crippen molar-refractivity contribution in [3.8, 4) is 0 Å². The van der Waals surface area contributed by atoms with Gasteiger partial charge in [-0.1, -0.05) is 12.1 Å². The number of urea groups is 1. The molecule has 0 saturated carbocycles. The lowest BCUT2D eigenvalue weighted by Crippen LogP contribution is -2.45. The molecule has 6 nitrogen and oxygen atoms in total. The van der Waals surface area contributed by atoms with Crippen molar-refractivity contribution >= 4 is 22.9 Å². The van der Waals surface area contributed by atoms with Crippen LogP contribution in [-0.2, 0) is 11.3 Å². The number of hydrogen-bond acceptors (Lipinski definition) is 3. The highest BCUT2D eigenvalue weighted by Gasteiger charge is 2.26. The first kappa shape index (κ1) is 15.3. The maximum atomic E-state index is 12.2. The second-order valence-electron chi connectivity index (χ2n) is 5.79. The molecule has 120 valence electrons. The first-order chi connectivity index (χ1) is 11.1. The quantitative estimate of drug-likeness (QED) is 0.910. The number of hydrogen-bond donors (Lipinski definition) is 2. The Morgan fingerprint density at radius 2 is 2.04 bits per heavy atom. The third kappa shape index (κ3) is 3.59. The number of carbonyl (C=O) groups excluding carboxylic acids is 1. The summed E-state index contributed by atoms with van der Waals surface area (Å²) in [6, 6.07) is 9.64. The van der Waals surface area contributed by atoms with Gasteiger partial charge in [0.2, 0.25) is 0 Å². The molecule has 1 aliphatic heterocycles. The van der Waals surface area contributed by atoms with Crippen molar-refractivity contribution in [1.29, 1.82) is 0 Å². The van der Waals surface area contributed by atoms with E-state index >= 15 is 0 Å². The van der Waals surface area contributed by atoms with E-state index in [9.17, 15) is 9.59 Å². The molecule has 1 fully saturated rings. The van der Waals surface area contributed by atoms with Crippen molar-refractivity contribution in [2.24, 2.45) is 5.92 Å². The van der Waals surface area contributed by atoms with Gasteiger partial charge in [-0.2, -0.15) is 0 Å². The molecule has 3 rings (SSSR count). The number of likely N-dealkylation sites (tertiary alicyclic amines) is 1. The van der Waals surface area contributed by atoms with Crippen LogP contribution in [0.4, 0.5) is 4.79 Å². The molecule has 1 saturated heterocycles. The maximum absolute atomic E-state index is 12.2. The Hall–Kier alpha value is -2.63. The molecule has 0 atom stereocenters. The van der Waals surface area contributed by atoms with E-state index in [1.54, 1.807) is 11.1 Å². The predicted molar refractivity (Wildman–Crippen MR) is 85.9 cm³/mol. The predicted octanol–water partition coefficient (Wildman–Crippen LogP) is 2.24. The molecule has 0 aliphatic carbocycles. The van der Waals surface area contributed by atoms with Crippen LogP contribution in [-0.4, -0.2) is 40.1 Å². The number of carboxylic acid groups (broad SMARTS) is 1. The fraction of sp³-hybridized carbons (Fsp3) is 0.353. The fourth-order valence-electron chi connectivity index (χ4n) is 2.85. The van der Waals surface area contributed by atoms with Crippen LogP contribution >= 0.6 is 0 Å². The third-order valence-electron chi connectivity index (χ3n) is 4.24. The first-order valence-corrected chi connectivity index (χ1v) is 7.73. The van der Waals surface area contributed by atoms with Gasteiger partial charge >= 0.3 is 12.0 Å². The second kappa shape index (κ2) is 6.64. The number of rotatable bonds is 3. The van der Waals surface area contributed by atoms with Gasteiger partial charge in [0.15, 0.2) is 0 Å². The lowest BCUT2D eigenvalue weighted by molar-refractivity contribution is -0.143. The number of carbonyl (C=O) groups is 2. The van der Waals surface area contributed by atoms with Crippen LogP contribution in [0.3, 0.4) is 0 Å². The summed E-state index contributed by atoms with van der Waals surface area (Å²) >= 11 is 0. The Morgan fingerprint density at radius 1 is 1.26 bits per heavy atom. The van der Waals surface area contributed by atoms with Crippen LogP contribution in [0.1, 0.15) is 18.4 Å². The van der Waals surface area contributed by atoms with E-state index in [0.717, 1.165) is 16.5 Å². The molecule has 1 aromatic heterocycles. The van der Waals surface area contributed by atoms with Crippen LogP contribution < -0.4 is 5.32 Å². The van der Waals surface area contributed by atoms with Crippen molar-refractivity contribution in [1.82, 2.24) is 15.2 Å². The van der Waals surface area contributed by atoms with Gasteiger partial charge < -0.3 is 15.3 Å². The molecule has 2 amide bonds. The highest BCUT2D eigenvalue weighted by molar-refractivity contribution is 5.79. The number of fused-ring (bicyclic) bond motifs is 1. The number of benzene rings is 1. The molecule has 23 heavy (non-hydrogen) atoms. The minimum Gasteiger partial charge on any atom is -0.481 e. The Balaban J connectivity index is 1.55. The number of piperidine rings is 1. The number of carboxylic acids is 1. The molecule has 0 unspecified atom stereocenters. The average Bonchev–Trinajstić information content (AvgIpc) is 2.59. The van der Waals surface area contributed by atoms with Crippen LogP contribution in [0.25, 0.3) is 10.9 Å². The van der Waals surface area contributed by atoms with Crippen molar-refractivity contribution in [2.75, 3.05) is 13.1 Å². The molecule has 1 aliphatic rings. The monoisotopic (exact) mass is 313 g/mol. The SMILES string of the molecule is O=C(O)C1CCN(C(=O)NCc2ccc3ncccc3c2)CC1. The molecule has 1 aromatic carbocycles. The zero-order valence-electron chi connectivity index (χ0n) is 12.7. The molecule has 0 radical (unpaired) electrons. The molecular formula is C17H19N3O3. The number of nitrogens with one attached hydrogen (secondary N) is 1. The van der Waals surface area contributed by atoms with Gasteiger partial charge in [-0.05, 0) is 36.6 Å². The van der Waals surface area contributed by atoms with E-state index < -0.39 is 5.97 Å². The van der Waals surface area contributed by atoms with Crippen LogP contribution in [0.15, 0.2) is 36.5 Å². The Bertz CT molecular complexity index is 724. The zero-order chi connectivity index (χ0) is 16.2. The third-order valence-corrected chi connectivity index (χ3v) is 4.24. The summed E-state index contributed by atoms with van der Waals surface area (Å²) in [6.45, 7) is 1.43. The highest BCUT2D eigenvalue weighted by Crippen LogP contribution is 2.17. The van der Waals surface area contributed by atoms with Crippen LogP contribution in [0, 0.1) is 5.92 Å². The average molecular weight is 313 g/mol. The molecular weight excluding hydrogens is 294 g/mol. The smallest absolute Gasteiger partial charge is 0.317 e. The van der Waals surface area contributed by atoms with Gasteiger partial charge in [0.1, 0.15) is 0 Å². The fourth-order valence-corrected chi connectivity index (χ4v) is 2.85. The number of aromatic nitrogens is 1. The van der Waals surface area contributed by atoms with Crippen LogP contribution in [0.2, 0.25) is 0 Å². The minimum atomic E-state index is -0.769. The maximum Gasteiger partial charge on any atom is 0.317 e. The molecule has 0 bridgehead atoms. The van der Waals surface area contributed by atoms with E-state index in [4.69, 9.17) is 5.11 Å². The van der Waals surface area contributed by atoms with E-state index in [-0.39, 0.29) is 11.9 Å². The Kier molecular flexibility index (Phi) is 4.41. The zero-order valence-corrected chi connectivity index (χ0v) is 12.7. The second-order valence-corrected chi connectivity index (χ2v) is 5.79. The molecule has 0 spiro atoms. The largest absolute Gasteiger partial charge is 0.481 e. The van der Waals surface area contributed by atoms with E-state index in [1.807, 2.05) is 30.3 Å². The normalized spacial score (nSPS) is 15.6. The summed E-state index contributed by atoms with van der Waals surface area (Å²) in [5.41, 5.74) is 1.94. The minimum absolute atomic E-state index is 0.139. The lowest BCUT2D eigenvalue weighted by Gasteiger charge is -2.30. The first-order valence-electron chi connectivity index (χ1n) is 7.73. The van der Waals surface area contributed by atoms with Gasteiger partial charge in [0.05, 0.1) is 11.4 Å². The van der Waals surface area contributed by atoms with Crippen LogP contribution in [0.5, 0.6) is 0 Å². The summed E-state index contributed by atoms with van der Waals surface area (Å²) in [4.78, 5) is 29.0. The topological polar surface area (TPSA) is 82.5 Å². The Morgan fingerprint density at radius 3 is 2.78 bits per heavy atom. The van der Waals surface area contributed by atoms with Gasteiger partial charge in [-0.15, -0.1) is 0 Å². The summed E-state index contributed by atoms with van der Waals surface area (Å²) in [6.07, 6.45) is 2.79. The van der Waals surface area contributed by atoms with Gasteiger partial charge in [-0.25, -0.2) is 4.79 Å². The number of nitrogens with zero attached hydrogens (tertiary/aromatic N) is 2. The standard InChI is InChI=1S/C17H19N3O3/c21-16(22)13-5-8-20(9-6-13)17(23)19-11-12-3-4-15-14(10-12)2-1-7-18-15/h1-4,7,10,13H,5-6,8-9,11H2,(H,19,23)(H,21,22). The van der Waals surface area contributed by atoms with Gasteiger partial charge in [-0.3, -0.25) is 9.78 Å². The molecule has 2 aromatic rings. The lowest BCUT2D eigenvalue weighted by atomic mass is 9.97. The summed E-state index contributed by atoms with van der Waals surface area (Å²) in [7, 11) is 0. The van der Waals surface area contributed by atoms with E-state index in [1.165, 1.54) is 0 Å². The highest BCUT2D eigenvalue weighted by atomic mass is 16.4. The summed E-state index contributed by atoms with van der Waals surface area (Å²) in [5.74, 6) is -1.10. The molecule has 2 heterocycles. The molecule has 6 heteroatoms. The number of pyridine rings is 1. The van der Waals surface area contributed by atoms with Crippen molar-refractivity contribution < 1.29 is 14.7 Å². The van der Waals surface area contributed by atoms with E-state index in [2.05, 4.69) is 10.3 Å². The van der Waals surface area contributed by atoms with Crippen molar-refractivity contribution in [3.63, 3.8) is 0 Å². The van der Waals surface area contributed by atoms with Crippen molar-refractivity contribution in [3.05, 3.63) is 42.1 Å². The van der Waals surface area contributed by atoms with Gasteiger partial charge in [0, 0.05) is 31.2 Å².